The van der Waals surface area contributed by atoms with Gasteiger partial charge in [0.15, 0.2) is 0 Å². The van der Waals surface area contributed by atoms with Crippen molar-refractivity contribution in [2.45, 2.75) is 64.8 Å². The number of benzene rings is 2. The molecule has 3 atom stereocenters. The zero-order valence-corrected chi connectivity index (χ0v) is 22.0. The number of ether oxygens (including phenoxy) is 2. The van der Waals surface area contributed by atoms with Crippen LogP contribution >= 0.6 is 11.8 Å². The maximum atomic E-state index is 13.8. The Morgan fingerprint density at radius 3 is 2.49 bits per heavy atom. The number of nitrogens with one attached hydrogen (secondary N) is 1. The molecule has 0 saturated carbocycles. The first-order valence-electron chi connectivity index (χ1n) is 11.7. The highest BCUT2D eigenvalue weighted by atomic mass is 32.2. The summed E-state index contributed by atoms with van der Waals surface area (Å²) in [5.74, 6) is 0.709. The molecule has 2 aromatic carbocycles. The van der Waals surface area contributed by atoms with E-state index in [2.05, 4.69) is 5.32 Å². The Labute approximate surface area is 211 Å². The van der Waals surface area contributed by atoms with E-state index >= 15 is 0 Å². The Bertz CT molecular complexity index is 1070. The summed E-state index contributed by atoms with van der Waals surface area (Å²) >= 11 is 1.23. The van der Waals surface area contributed by atoms with Gasteiger partial charge < -0.3 is 19.7 Å². The van der Waals surface area contributed by atoms with Gasteiger partial charge in [-0.3, -0.25) is 9.59 Å². The molecule has 7 nitrogen and oxygen atoms in total. The number of carbonyl (C=O) groups excluding carboxylic acids is 3. The lowest BCUT2D eigenvalue weighted by molar-refractivity contribution is -0.141. The van der Waals surface area contributed by atoms with E-state index in [9.17, 15) is 14.4 Å². The Hall–Kier alpha value is -3.00. The number of aryl methyl sites for hydroxylation is 1. The maximum absolute atomic E-state index is 13.8. The van der Waals surface area contributed by atoms with Gasteiger partial charge in [-0.1, -0.05) is 54.2 Å². The monoisotopic (exact) mass is 498 g/mol. The van der Waals surface area contributed by atoms with E-state index in [0.717, 1.165) is 16.7 Å². The summed E-state index contributed by atoms with van der Waals surface area (Å²) in [6, 6.07) is 13.5. The van der Waals surface area contributed by atoms with Crippen LogP contribution in [-0.4, -0.2) is 52.6 Å². The lowest BCUT2D eigenvalue weighted by Gasteiger charge is -2.42. The molecule has 0 aromatic heterocycles. The second kappa shape index (κ2) is 11.2. The molecule has 8 heteroatoms. The molecule has 188 valence electrons. The summed E-state index contributed by atoms with van der Waals surface area (Å²) in [4.78, 5) is 41.0. The number of methoxy groups -OCH3 is 1. The molecular weight excluding hydrogens is 464 g/mol. The van der Waals surface area contributed by atoms with E-state index in [0.29, 0.717) is 17.9 Å². The molecule has 1 aliphatic heterocycles. The van der Waals surface area contributed by atoms with Crippen LogP contribution in [0.1, 0.15) is 50.4 Å². The standard InChI is InChI=1S/C27H34N2O5S/c1-17-12-13-20(23(14-17)33-6)22-16-35-25(31)21(15-19-10-8-7-9-11-19)29(22)24(30)18(2)28-26(32)34-27(3,4)5/h7-14,18,21-22H,15-16H2,1-6H3,(H,28,32)/t18-,21-,22-/m0/s1. The van der Waals surface area contributed by atoms with Crippen LogP contribution in [0.5, 0.6) is 5.75 Å². The van der Waals surface area contributed by atoms with E-state index in [1.54, 1.807) is 39.7 Å². The van der Waals surface area contributed by atoms with E-state index in [1.165, 1.54) is 11.8 Å². The Morgan fingerprint density at radius 1 is 1.17 bits per heavy atom. The largest absolute Gasteiger partial charge is 0.496 e. The number of carbonyl (C=O) groups is 3. The molecule has 0 radical (unpaired) electrons. The van der Waals surface area contributed by atoms with Crippen molar-refractivity contribution in [1.29, 1.82) is 0 Å². The summed E-state index contributed by atoms with van der Waals surface area (Å²) in [5.41, 5.74) is 2.12. The van der Waals surface area contributed by atoms with E-state index in [-0.39, 0.29) is 11.0 Å². The third kappa shape index (κ3) is 6.78. The SMILES string of the molecule is COc1cc(C)ccc1[C@@H]1CSC(=O)[C@H](Cc2ccccc2)N1C(=O)[C@H](C)NC(=O)OC(C)(C)C. The number of amides is 2. The number of alkyl carbamates (subject to hydrolysis) is 1. The number of rotatable bonds is 6. The molecule has 0 aliphatic carbocycles. The van der Waals surface area contributed by atoms with Crippen molar-refractivity contribution in [3.8, 4) is 5.75 Å². The zero-order valence-electron chi connectivity index (χ0n) is 21.2. The van der Waals surface area contributed by atoms with Crippen LogP contribution in [0.25, 0.3) is 0 Å². The van der Waals surface area contributed by atoms with Gasteiger partial charge in [0.2, 0.25) is 11.0 Å². The predicted octanol–water partition coefficient (Wildman–Crippen LogP) is 4.67. The van der Waals surface area contributed by atoms with Gasteiger partial charge in [0.25, 0.3) is 0 Å². The van der Waals surface area contributed by atoms with Gasteiger partial charge in [-0.15, -0.1) is 0 Å². The second-order valence-electron chi connectivity index (χ2n) is 9.71. The first-order chi connectivity index (χ1) is 16.5. The normalized spacial score (nSPS) is 19.1. The van der Waals surface area contributed by atoms with Crippen molar-refractivity contribution in [3.05, 3.63) is 65.2 Å². The lowest BCUT2D eigenvalue weighted by atomic mass is 9.97. The molecule has 2 amide bonds. The maximum Gasteiger partial charge on any atom is 0.408 e. The second-order valence-corrected chi connectivity index (χ2v) is 10.7. The van der Waals surface area contributed by atoms with Crippen LogP contribution in [0.4, 0.5) is 4.79 Å². The van der Waals surface area contributed by atoms with Gasteiger partial charge in [0, 0.05) is 17.7 Å². The van der Waals surface area contributed by atoms with Crippen molar-refractivity contribution in [2.24, 2.45) is 0 Å². The molecule has 3 rings (SSSR count). The summed E-state index contributed by atoms with van der Waals surface area (Å²) in [5, 5.41) is 2.57. The van der Waals surface area contributed by atoms with Gasteiger partial charge in [0.1, 0.15) is 23.4 Å². The minimum absolute atomic E-state index is 0.0750. The minimum Gasteiger partial charge on any atom is -0.496 e. The molecule has 1 aliphatic rings. The molecule has 1 saturated heterocycles. The molecular formula is C27H34N2O5S. The predicted molar refractivity (Wildman–Crippen MR) is 138 cm³/mol. The van der Waals surface area contributed by atoms with Crippen LogP contribution in [0.3, 0.4) is 0 Å². The van der Waals surface area contributed by atoms with Crippen LogP contribution in [0.2, 0.25) is 0 Å². The average Bonchev–Trinajstić information content (AvgIpc) is 2.79. The molecule has 1 fully saturated rings. The number of nitrogens with zero attached hydrogens (tertiary/aromatic N) is 1. The topological polar surface area (TPSA) is 84.9 Å². The molecule has 1 N–H and O–H groups in total. The average molecular weight is 499 g/mol. The fraction of sp³-hybridized carbons (Fsp3) is 0.444. The highest BCUT2D eigenvalue weighted by Crippen LogP contribution is 2.39. The quantitative estimate of drug-likeness (QED) is 0.623. The molecule has 0 bridgehead atoms. The van der Waals surface area contributed by atoms with Crippen LogP contribution in [0.15, 0.2) is 48.5 Å². The van der Waals surface area contributed by atoms with Crippen molar-refractivity contribution in [2.75, 3.05) is 12.9 Å². The fourth-order valence-corrected chi connectivity index (χ4v) is 5.15. The first-order valence-corrected chi connectivity index (χ1v) is 12.7. The van der Waals surface area contributed by atoms with E-state index < -0.39 is 29.8 Å². The molecule has 0 unspecified atom stereocenters. The minimum atomic E-state index is -0.891. The summed E-state index contributed by atoms with van der Waals surface area (Å²) in [6.45, 7) is 8.86. The Kier molecular flexibility index (Phi) is 8.48. The van der Waals surface area contributed by atoms with E-state index in [4.69, 9.17) is 9.47 Å². The third-order valence-corrected chi connectivity index (χ3v) is 6.74. The third-order valence-electron chi connectivity index (χ3n) is 5.71. The summed E-state index contributed by atoms with van der Waals surface area (Å²) < 4.78 is 11.0. The summed E-state index contributed by atoms with van der Waals surface area (Å²) in [6.07, 6.45) is -0.303. The smallest absolute Gasteiger partial charge is 0.408 e. The first kappa shape index (κ1) is 26.6. The zero-order chi connectivity index (χ0) is 25.8. The van der Waals surface area contributed by atoms with Gasteiger partial charge in [-0.2, -0.15) is 0 Å². The van der Waals surface area contributed by atoms with E-state index in [1.807, 2.05) is 55.5 Å². The highest BCUT2D eigenvalue weighted by Gasteiger charge is 2.43. The number of hydrogen-bond donors (Lipinski definition) is 1. The fourth-order valence-electron chi connectivity index (χ4n) is 4.10. The Morgan fingerprint density at radius 2 is 1.86 bits per heavy atom. The highest BCUT2D eigenvalue weighted by molar-refractivity contribution is 8.13. The van der Waals surface area contributed by atoms with Crippen LogP contribution in [-0.2, 0) is 20.7 Å². The van der Waals surface area contributed by atoms with Crippen LogP contribution in [0, 0.1) is 6.92 Å². The van der Waals surface area contributed by atoms with Crippen molar-refractivity contribution in [3.63, 3.8) is 0 Å². The van der Waals surface area contributed by atoms with Crippen LogP contribution < -0.4 is 10.1 Å². The van der Waals surface area contributed by atoms with Gasteiger partial charge >= 0.3 is 6.09 Å². The molecule has 2 aromatic rings. The molecule has 35 heavy (non-hydrogen) atoms. The number of hydrogen-bond acceptors (Lipinski definition) is 6. The molecule has 0 spiro atoms. The van der Waals surface area contributed by atoms with Crippen molar-refractivity contribution in [1.82, 2.24) is 10.2 Å². The Balaban J connectivity index is 1.99. The lowest BCUT2D eigenvalue weighted by Crippen LogP contribution is -2.57. The summed E-state index contributed by atoms with van der Waals surface area (Å²) in [7, 11) is 1.60. The van der Waals surface area contributed by atoms with Gasteiger partial charge in [-0.05, 0) is 51.8 Å². The van der Waals surface area contributed by atoms with Crippen molar-refractivity contribution < 1.29 is 23.9 Å². The number of thioether (sulfide) groups is 1. The molecule has 1 heterocycles. The van der Waals surface area contributed by atoms with Crippen molar-refractivity contribution >= 4 is 28.9 Å². The van der Waals surface area contributed by atoms with Gasteiger partial charge in [0.05, 0.1) is 13.2 Å². The van der Waals surface area contributed by atoms with Gasteiger partial charge in [-0.25, -0.2) is 4.79 Å².